The second-order valence-electron chi connectivity index (χ2n) is 8.38. The number of H-pyrrole nitrogens is 1. The predicted molar refractivity (Wildman–Crippen MR) is 138 cm³/mol. The second kappa shape index (κ2) is 9.08. The van der Waals surface area contributed by atoms with Crippen LogP contribution in [0.1, 0.15) is 26.4 Å². The van der Waals surface area contributed by atoms with Gasteiger partial charge < -0.3 is 21.1 Å². The van der Waals surface area contributed by atoms with Crippen molar-refractivity contribution in [1.82, 2.24) is 9.97 Å². The summed E-state index contributed by atoms with van der Waals surface area (Å²) in [6.07, 6.45) is -0.219. The highest BCUT2D eigenvalue weighted by molar-refractivity contribution is 6.20. The molecule has 0 radical (unpaired) electrons. The van der Waals surface area contributed by atoms with Gasteiger partial charge in [-0.05, 0) is 60.0 Å². The Labute approximate surface area is 209 Å². The van der Waals surface area contributed by atoms with Crippen LogP contribution < -0.4 is 16.4 Å². The van der Waals surface area contributed by atoms with E-state index in [2.05, 4.69) is 20.6 Å². The SMILES string of the molecule is Cc1c(NC(=O)c2ccc(F)cn2)cccc1-c1ccc(C(N)=O)c2[nH]c3cc(NC(=O)O)ccc3c12. The minimum Gasteiger partial charge on any atom is -0.465 e. The van der Waals surface area contributed by atoms with Crippen LogP contribution in [0.15, 0.2) is 66.9 Å². The molecule has 0 fully saturated rings. The fourth-order valence-electron chi connectivity index (χ4n) is 4.40. The maximum atomic E-state index is 13.2. The zero-order valence-electron chi connectivity index (χ0n) is 19.4. The number of nitrogens with zero attached hydrogens (tertiary/aromatic N) is 1. The van der Waals surface area contributed by atoms with Gasteiger partial charge in [-0.1, -0.05) is 24.3 Å². The molecular formula is C27H20FN5O4. The Morgan fingerprint density at radius 1 is 1.00 bits per heavy atom. The van der Waals surface area contributed by atoms with E-state index in [-0.39, 0.29) is 11.3 Å². The first-order chi connectivity index (χ1) is 17.7. The molecule has 5 aromatic rings. The minimum absolute atomic E-state index is 0.0711. The van der Waals surface area contributed by atoms with Crippen LogP contribution >= 0.6 is 0 Å². The summed E-state index contributed by atoms with van der Waals surface area (Å²) in [5.41, 5.74) is 10.3. The fraction of sp³-hybridized carbons (Fsp3) is 0.0370. The molecule has 0 spiro atoms. The summed E-state index contributed by atoms with van der Waals surface area (Å²) in [6.45, 7) is 1.85. The number of rotatable bonds is 5. The molecule has 0 saturated heterocycles. The smallest absolute Gasteiger partial charge is 0.409 e. The van der Waals surface area contributed by atoms with Crippen molar-refractivity contribution in [3.05, 3.63) is 89.5 Å². The molecule has 0 saturated carbocycles. The number of nitrogens with two attached hydrogens (primary N) is 1. The molecule has 0 atom stereocenters. The summed E-state index contributed by atoms with van der Waals surface area (Å²) >= 11 is 0. The lowest BCUT2D eigenvalue weighted by Gasteiger charge is -2.14. The maximum absolute atomic E-state index is 13.2. The highest BCUT2D eigenvalue weighted by Crippen LogP contribution is 2.39. The molecule has 0 bridgehead atoms. The van der Waals surface area contributed by atoms with Crippen molar-refractivity contribution >= 4 is 51.1 Å². The summed E-state index contributed by atoms with van der Waals surface area (Å²) in [5, 5.41) is 15.7. The Bertz CT molecular complexity index is 1730. The molecule has 0 aliphatic heterocycles. The van der Waals surface area contributed by atoms with Crippen molar-refractivity contribution in [2.75, 3.05) is 10.6 Å². The normalized spacial score (nSPS) is 11.0. The lowest BCUT2D eigenvalue weighted by Crippen LogP contribution is -2.14. The lowest BCUT2D eigenvalue weighted by atomic mass is 9.93. The average molecular weight is 497 g/mol. The Morgan fingerprint density at radius 2 is 1.81 bits per heavy atom. The Hall–Kier alpha value is -5.25. The maximum Gasteiger partial charge on any atom is 0.409 e. The molecule has 2 heterocycles. The number of hydrogen-bond donors (Lipinski definition) is 5. The van der Waals surface area contributed by atoms with Gasteiger partial charge in [0.25, 0.3) is 11.8 Å². The van der Waals surface area contributed by atoms with Gasteiger partial charge in [0.15, 0.2) is 0 Å². The van der Waals surface area contributed by atoms with E-state index in [0.717, 1.165) is 39.7 Å². The van der Waals surface area contributed by atoms with Crippen LogP contribution in [-0.2, 0) is 0 Å². The van der Waals surface area contributed by atoms with Crippen molar-refractivity contribution < 1.29 is 23.9 Å². The number of benzene rings is 3. The third-order valence-corrected chi connectivity index (χ3v) is 6.10. The number of carboxylic acid groups (broad SMARTS) is 1. The number of nitrogens with one attached hydrogen (secondary N) is 3. The van der Waals surface area contributed by atoms with Crippen molar-refractivity contribution in [2.24, 2.45) is 5.73 Å². The number of carbonyl (C=O) groups excluding carboxylic acids is 2. The lowest BCUT2D eigenvalue weighted by molar-refractivity contribution is 0.0998. The van der Waals surface area contributed by atoms with E-state index in [4.69, 9.17) is 10.8 Å². The number of aromatic nitrogens is 2. The van der Waals surface area contributed by atoms with Crippen LogP contribution in [0, 0.1) is 12.7 Å². The van der Waals surface area contributed by atoms with Gasteiger partial charge in [0, 0.05) is 27.7 Å². The first kappa shape index (κ1) is 23.5. The molecule has 0 aliphatic rings. The van der Waals surface area contributed by atoms with E-state index in [1.807, 2.05) is 13.0 Å². The van der Waals surface area contributed by atoms with Gasteiger partial charge in [-0.3, -0.25) is 14.9 Å². The standard InChI is InChI=1S/C27H20FN5O4/c1-13-16(3-2-4-20(13)33-26(35)21-10-5-14(28)12-30-21)17-8-9-19(25(29)34)24-23(17)18-7-6-15(31-27(36)37)11-22(18)32-24/h2-12,31-32H,1H3,(H2,29,34)(H,33,35)(H,36,37). The van der Waals surface area contributed by atoms with Crippen LogP contribution in [0.25, 0.3) is 32.9 Å². The summed E-state index contributed by atoms with van der Waals surface area (Å²) in [4.78, 5) is 43.0. The fourth-order valence-corrected chi connectivity index (χ4v) is 4.40. The summed E-state index contributed by atoms with van der Waals surface area (Å²) in [7, 11) is 0. The zero-order chi connectivity index (χ0) is 26.3. The second-order valence-corrected chi connectivity index (χ2v) is 8.38. The summed E-state index contributed by atoms with van der Waals surface area (Å²) in [6, 6.07) is 16.3. The van der Waals surface area contributed by atoms with Crippen molar-refractivity contribution in [2.45, 2.75) is 6.92 Å². The molecule has 3 aromatic carbocycles. The molecular weight excluding hydrogens is 477 g/mol. The van der Waals surface area contributed by atoms with Crippen molar-refractivity contribution in [3.8, 4) is 11.1 Å². The van der Waals surface area contributed by atoms with E-state index in [1.54, 1.807) is 42.5 Å². The van der Waals surface area contributed by atoms with Crippen LogP contribution in [-0.4, -0.2) is 33.0 Å². The summed E-state index contributed by atoms with van der Waals surface area (Å²) < 4.78 is 13.2. The van der Waals surface area contributed by atoms with Gasteiger partial charge >= 0.3 is 6.09 Å². The van der Waals surface area contributed by atoms with Crippen LogP contribution in [0.4, 0.5) is 20.6 Å². The third-order valence-electron chi connectivity index (χ3n) is 6.10. The summed E-state index contributed by atoms with van der Waals surface area (Å²) in [5.74, 6) is -1.64. The Morgan fingerprint density at radius 3 is 2.51 bits per heavy atom. The highest BCUT2D eigenvalue weighted by atomic mass is 19.1. The van der Waals surface area contributed by atoms with Gasteiger partial charge in [0.05, 0.1) is 17.3 Å². The molecule has 9 nitrogen and oxygen atoms in total. The number of pyridine rings is 1. The number of fused-ring (bicyclic) bond motifs is 3. The molecule has 6 N–H and O–H groups in total. The van der Waals surface area contributed by atoms with Crippen molar-refractivity contribution in [3.63, 3.8) is 0 Å². The van der Waals surface area contributed by atoms with E-state index in [0.29, 0.717) is 22.4 Å². The number of amides is 3. The minimum atomic E-state index is -1.20. The monoisotopic (exact) mass is 497 g/mol. The zero-order valence-corrected chi connectivity index (χ0v) is 19.4. The number of aromatic amines is 1. The van der Waals surface area contributed by atoms with Crippen molar-refractivity contribution in [1.29, 1.82) is 0 Å². The molecule has 0 aliphatic carbocycles. The van der Waals surface area contributed by atoms with E-state index in [9.17, 15) is 18.8 Å². The van der Waals surface area contributed by atoms with E-state index >= 15 is 0 Å². The topological polar surface area (TPSA) is 150 Å². The third kappa shape index (κ3) is 4.31. The quantitative estimate of drug-likeness (QED) is 0.224. The van der Waals surface area contributed by atoms with E-state index < -0.39 is 23.7 Å². The molecule has 0 unspecified atom stereocenters. The van der Waals surface area contributed by atoms with Gasteiger partial charge in [0.2, 0.25) is 0 Å². The predicted octanol–water partition coefficient (Wildman–Crippen LogP) is 5.27. The first-order valence-corrected chi connectivity index (χ1v) is 11.1. The molecule has 5 rings (SSSR count). The molecule has 10 heteroatoms. The van der Waals surface area contributed by atoms with Gasteiger partial charge in [-0.25, -0.2) is 14.2 Å². The van der Waals surface area contributed by atoms with Crippen LogP contribution in [0.2, 0.25) is 0 Å². The molecule has 2 aromatic heterocycles. The van der Waals surface area contributed by atoms with Crippen LogP contribution in [0.5, 0.6) is 0 Å². The molecule has 3 amide bonds. The molecule has 37 heavy (non-hydrogen) atoms. The van der Waals surface area contributed by atoms with Gasteiger partial charge in [-0.15, -0.1) is 0 Å². The van der Waals surface area contributed by atoms with Crippen LogP contribution in [0.3, 0.4) is 0 Å². The number of anilines is 2. The van der Waals surface area contributed by atoms with Gasteiger partial charge in [-0.2, -0.15) is 0 Å². The number of halogens is 1. The molecule has 184 valence electrons. The first-order valence-electron chi connectivity index (χ1n) is 11.1. The average Bonchev–Trinajstić information content (AvgIpc) is 3.23. The van der Waals surface area contributed by atoms with Gasteiger partial charge in [0.1, 0.15) is 11.5 Å². The Balaban J connectivity index is 1.65. The Kier molecular flexibility index (Phi) is 5.76. The number of primary amides is 1. The largest absolute Gasteiger partial charge is 0.465 e. The van der Waals surface area contributed by atoms with E-state index in [1.165, 1.54) is 6.07 Å². The number of hydrogen-bond acceptors (Lipinski definition) is 4. The number of carbonyl (C=O) groups is 3. The highest BCUT2D eigenvalue weighted by Gasteiger charge is 2.19.